The van der Waals surface area contributed by atoms with Crippen LogP contribution in [0.15, 0.2) is 0 Å². The second-order valence-corrected chi connectivity index (χ2v) is 6.09. The van der Waals surface area contributed by atoms with Crippen molar-refractivity contribution < 1.29 is 74.6 Å². The molecule has 0 aromatic carbocycles. The molecule has 0 fully saturated rings. The van der Waals surface area contributed by atoms with Crippen molar-refractivity contribution in [3.8, 4) is 0 Å². The van der Waals surface area contributed by atoms with Gasteiger partial charge in [0.05, 0.1) is 10.2 Å². The van der Waals surface area contributed by atoms with Crippen LogP contribution in [0.4, 0.5) is 74.6 Å². The Morgan fingerprint density at radius 2 is 0.500 bits per heavy atom. The highest BCUT2D eigenvalue weighted by Gasteiger charge is 2.94. The average molecular weight is 450 g/mol. The molecule has 0 unspecified atom stereocenters. The fraction of sp³-hybridized carbons (Fsp3) is 1.00. The number of halogens is 17. The highest BCUT2D eigenvalue weighted by molar-refractivity contribution is 6.14. The smallest absolute Gasteiger partial charge is 0.206 e. The van der Waals surface area contributed by atoms with E-state index in [1.54, 1.807) is 0 Å². The molecular weight excluding hydrogens is 447 g/mol. The van der Waals surface area contributed by atoms with Gasteiger partial charge in [0.15, 0.2) is 0 Å². The summed E-state index contributed by atoms with van der Waals surface area (Å²) in [5.41, 5.74) is -6.17. The molecule has 0 spiro atoms. The normalized spacial score (nSPS) is 17.0. The highest BCUT2D eigenvalue weighted by Crippen LogP contribution is 2.63. The van der Waals surface area contributed by atoms with E-state index >= 15 is 0 Å². The van der Waals surface area contributed by atoms with Gasteiger partial charge in [-0.3, -0.25) is 0 Å². The summed E-state index contributed by atoms with van der Waals surface area (Å²) in [7, 11) is -2.45. The predicted octanol–water partition coefficient (Wildman–Crippen LogP) is 4.32. The van der Waals surface area contributed by atoms with Crippen molar-refractivity contribution in [3.05, 3.63) is 0 Å². The fourth-order valence-electron chi connectivity index (χ4n) is 1.24. The average Bonchev–Trinajstić information content (AvgIpc) is 2.34. The van der Waals surface area contributed by atoms with Gasteiger partial charge in [0.25, 0.3) is 5.55 Å². The first-order valence-corrected chi connectivity index (χ1v) is 6.46. The highest BCUT2D eigenvalue weighted by atomic mass is 28.1. The second kappa shape index (κ2) is 5.76. The van der Waals surface area contributed by atoms with Gasteiger partial charge in [0.2, 0.25) is 0 Å². The third kappa shape index (κ3) is 2.90. The summed E-state index contributed by atoms with van der Waals surface area (Å²) >= 11 is 0. The minimum Gasteiger partial charge on any atom is -0.206 e. The minimum absolute atomic E-state index is 2.45. The molecule has 18 heteroatoms. The molecule has 0 aromatic heterocycles. The zero-order valence-electron chi connectivity index (χ0n) is 11.4. The molecule has 0 saturated carbocycles. The standard InChI is InChI=1S/C8H3F17Si/c9-1(10,3(13,14)5(17,18)7(21,22)23)2(11,12)4(15,16)6(19,20)8(24,25)26/h26H3. The molecular formula is C8H3F17Si. The topological polar surface area (TPSA) is 0 Å². The summed E-state index contributed by atoms with van der Waals surface area (Å²) in [6, 6.07) is 0. The molecule has 0 radical (unpaired) electrons. The van der Waals surface area contributed by atoms with Gasteiger partial charge in [-0.05, 0) is 0 Å². The van der Waals surface area contributed by atoms with Crippen LogP contribution in [0.5, 0.6) is 0 Å². The Balaban J connectivity index is 6.61. The molecule has 0 amide bonds. The quantitative estimate of drug-likeness (QED) is 0.418. The zero-order chi connectivity index (χ0) is 22.0. The summed E-state index contributed by atoms with van der Waals surface area (Å²) in [6.45, 7) is 0. The Labute approximate surface area is 133 Å². The van der Waals surface area contributed by atoms with E-state index in [-0.39, 0.29) is 0 Å². The van der Waals surface area contributed by atoms with Crippen LogP contribution in [0.2, 0.25) is 0 Å². The Bertz CT molecular complexity index is 474. The molecule has 0 heterocycles. The van der Waals surface area contributed by atoms with Crippen LogP contribution in [0.3, 0.4) is 0 Å². The van der Waals surface area contributed by atoms with Gasteiger partial charge in [0.1, 0.15) is 0 Å². The van der Waals surface area contributed by atoms with Gasteiger partial charge >= 0.3 is 41.7 Å². The number of hydrogen-bond donors (Lipinski definition) is 0. The molecule has 0 aliphatic heterocycles. The molecule has 0 saturated heterocycles. The fourth-order valence-corrected chi connectivity index (χ4v) is 1.56. The largest absolute Gasteiger partial charge is 0.460 e. The molecule has 0 aliphatic rings. The van der Waals surface area contributed by atoms with Gasteiger partial charge in [0, 0.05) is 0 Å². The van der Waals surface area contributed by atoms with Crippen LogP contribution < -0.4 is 0 Å². The Morgan fingerprint density at radius 1 is 0.308 bits per heavy atom. The van der Waals surface area contributed by atoms with Crippen molar-refractivity contribution in [2.24, 2.45) is 0 Å². The van der Waals surface area contributed by atoms with Gasteiger partial charge < -0.3 is 0 Å². The maximum atomic E-state index is 12.9. The van der Waals surface area contributed by atoms with Crippen molar-refractivity contribution in [1.29, 1.82) is 0 Å². The molecule has 0 nitrogen and oxygen atoms in total. The molecule has 0 aromatic rings. The maximum Gasteiger partial charge on any atom is 0.460 e. The third-order valence-corrected chi connectivity index (χ3v) is 3.51. The first-order valence-electron chi connectivity index (χ1n) is 5.46. The van der Waals surface area contributed by atoms with Gasteiger partial charge in [-0.2, -0.15) is 65.9 Å². The third-order valence-electron chi connectivity index (χ3n) is 2.88. The van der Waals surface area contributed by atoms with Crippen LogP contribution in [0.1, 0.15) is 0 Å². The lowest BCUT2D eigenvalue weighted by atomic mass is 9.91. The van der Waals surface area contributed by atoms with Crippen LogP contribution in [-0.4, -0.2) is 57.5 Å². The molecule has 0 N–H and O–H groups in total. The van der Waals surface area contributed by atoms with Crippen LogP contribution >= 0.6 is 0 Å². The van der Waals surface area contributed by atoms with Crippen LogP contribution in [0, 0.1) is 0 Å². The number of rotatable bonds is 6. The van der Waals surface area contributed by atoms with E-state index in [1.165, 1.54) is 0 Å². The second-order valence-electron chi connectivity index (χ2n) is 4.83. The van der Waals surface area contributed by atoms with Crippen molar-refractivity contribution in [2.75, 3.05) is 0 Å². The van der Waals surface area contributed by atoms with E-state index in [9.17, 15) is 74.6 Å². The Morgan fingerprint density at radius 3 is 0.692 bits per heavy atom. The van der Waals surface area contributed by atoms with Gasteiger partial charge in [-0.15, -0.1) is 0 Å². The first-order chi connectivity index (χ1) is 10.8. The van der Waals surface area contributed by atoms with Gasteiger partial charge in [-0.1, -0.05) is 0 Å². The van der Waals surface area contributed by atoms with Crippen molar-refractivity contribution in [2.45, 2.75) is 47.3 Å². The molecule has 26 heavy (non-hydrogen) atoms. The van der Waals surface area contributed by atoms with Crippen molar-refractivity contribution in [3.63, 3.8) is 0 Å². The molecule has 0 rings (SSSR count). The predicted molar refractivity (Wildman–Crippen MR) is 50.6 cm³/mol. The molecule has 0 aliphatic carbocycles. The Hall–Kier alpha value is -0.973. The lowest BCUT2D eigenvalue weighted by Crippen LogP contribution is -2.74. The van der Waals surface area contributed by atoms with E-state index in [2.05, 4.69) is 0 Å². The summed E-state index contributed by atoms with van der Waals surface area (Å²) < 4.78 is 213. The van der Waals surface area contributed by atoms with Crippen LogP contribution in [0.25, 0.3) is 0 Å². The molecule has 158 valence electrons. The summed E-state index contributed by atoms with van der Waals surface area (Å²) in [6.07, 6.45) is -7.73. The maximum absolute atomic E-state index is 12.9. The summed E-state index contributed by atoms with van der Waals surface area (Å²) in [4.78, 5) is 0. The van der Waals surface area contributed by atoms with E-state index in [0.717, 1.165) is 0 Å². The minimum atomic E-state index is -8.54. The van der Waals surface area contributed by atoms with Gasteiger partial charge in [-0.25, -0.2) is 8.78 Å². The number of alkyl halides is 17. The summed E-state index contributed by atoms with van der Waals surface area (Å²) in [5.74, 6) is -49.2. The van der Waals surface area contributed by atoms with Crippen LogP contribution in [-0.2, 0) is 0 Å². The van der Waals surface area contributed by atoms with Crippen molar-refractivity contribution >= 4 is 10.2 Å². The van der Waals surface area contributed by atoms with E-state index in [0.29, 0.717) is 0 Å². The summed E-state index contributed by atoms with van der Waals surface area (Å²) in [5, 5.41) is 0. The first kappa shape index (κ1) is 25.0. The number of hydrogen-bond acceptors (Lipinski definition) is 0. The monoisotopic (exact) mass is 450 g/mol. The zero-order valence-corrected chi connectivity index (χ0v) is 13.4. The lowest BCUT2D eigenvalue weighted by molar-refractivity contribution is -0.458. The SMILES string of the molecule is FC(F)(F)C(F)(F)C(F)(F)C(F)(F)C(F)(F)C(F)(F)C(F)(F)C(F)(F)[SiH3]. The van der Waals surface area contributed by atoms with E-state index < -0.39 is 57.5 Å². The molecule has 0 bridgehead atoms. The van der Waals surface area contributed by atoms with E-state index in [4.69, 9.17) is 0 Å². The van der Waals surface area contributed by atoms with E-state index in [1.807, 2.05) is 0 Å². The Kier molecular flexibility index (Phi) is 5.55. The lowest BCUT2D eigenvalue weighted by Gasteiger charge is -2.42. The molecule has 0 atom stereocenters. The van der Waals surface area contributed by atoms with Crippen molar-refractivity contribution in [1.82, 2.24) is 0 Å².